The molecule has 0 bridgehead atoms. The number of unbranched alkanes of at least 4 members (excludes halogenated alkanes) is 2. The van der Waals surface area contributed by atoms with E-state index in [0.717, 1.165) is 37.7 Å². The molecule has 2 fully saturated rings. The van der Waals surface area contributed by atoms with Gasteiger partial charge < -0.3 is 10.2 Å². The van der Waals surface area contributed by atoms with Crippen molar-refractivity contribution < 1.29 is 18.0 Å². The molecule has 1 N–H and O–H groups in total. The summed E-state index contributed by atoms with van der Waals surface area (Å²) in [5.41, 5.74) is 1.92. The molecular weight excluding hydrogens is 450 g/mol. The summed E-state index contributed by atoms with van der Waals surface area (Å²) in [6.07, 6.45) is 6.20. The molecule has 0 unspecified atom stereocenters. The second kappa shape index (κ2) is 11.7. The zero-order valence-electron chi connectivity index (χ0n) is 21.2. The molecule has 190 valence electrons. The molecule has 2 aliphatic heterocycles. The van der Waals surface area contributed by atoms with Crippen molar-refractivity contribution in [2.45, 2.75) is 77.5 Å². The molecule has 0 atom stereocenters. The molecule has 2 heterocycles. The SMILES string of the molecule is CCCCCNC(=O)C1CCN(C(=O)c2cc(C)c(C)c(S(=O)(=O)N3CCC(C)CC3)c2)CC1. The number of amides is 2. The lowest BCUT2D eigenvalue weighted by atomic mass is 9.95. The van der Waals surface area contributed by atoms with Gasteiger partial charge in [-0.05, 0) is 75.1 Å². The average Bonchev–Trinajstić information content (AvgIpc) is 2.83. The maximum Gasteiger partial charge on any atom is 0.253 e. The number of aryl methyl sites for hydroxylation is 1. The van der Waals surface area contributed by atoms with Crippen LogP contribution >= 0.6 is 0 Å². The van der Waals surface area contributed by atoms with Crippen LogP contribution in [-0.2, 0) is 14.8 Å². The number of carbonyl (C=O) groups excluding carboxylic acids is 2. The highest BCUT2D eigenvalue weighted by atomic mass is 32.2. The van der Waals surface area contributed by atoms with Gasteiger partial charge in [-0.1, -0.05) is 26.7 Å². The zero-order chi connectivity index (χ0) is 24.9. The molecule has 2 amide bonds. The van der Waals surface area contributed by atoms with E-state index in [-0.39, 0.29) is 22.6 Å². The summed E-state index contributed by atoms with van der Waals surface area (Å²) >= 11 is 0. The number of rotatable bonds is 8. The predicted octanol–water partition coefficient (Wildman–Crippen LogP) is 3.88. The fourth-order valence-corrected chi connectivity index (χ4v) is 6.63. The molecular formula is C26H41N3O4S. The highest BCUT2D eigenvalue weighted by Gasteiger charge is 2.32. The van der Waals surface area contributed by atoms with E-state index in [4.69, 9.17) is 0 Å². The summed E-state index contributed by atoms with van der Waals surface area (Å²) in [4.78, 5) is 27.7. The standard InChI is InChI=1S/C26H41N3O4S/c1-5-6-7-12-27-25(30)22-10-13-28(14-11-22)26(31)23-17-20(3)21(4)24(18-23)34(32,33)29-15-8-19(2)9-16-29/h17-19,22H,5-16H2,1-4H3,(H,27,30). The molecule has 0 aliphatic carbocycles. The minimum absolute atomic E-state index is 0.0668. The zero-order valence-corrected chi connectivity index (χ0v) is 22.0. The minimum atomic E-state index is -3.65. The maximum absolute atomic E-state index is 13.4. The van der Waals surface area contributed by atoms with Crippen molar-refractivity contribution in [1.29, 1.82) is 0 Å². The molecule has 34 heavy (non-hydrogen) atoms. The molecule has 1 aromatic rings. The first-order valence-corrected chi connectivity index (χ1v) is 14.3. The summed E-state index contributed by atoms with van der Waals surface area (Å²) < 4.78 is 28.4. The third-order valence-electron chi connectivity index (χ3n) is 7.46. The van der Waals surface area contributed by atoms with E-state index in [1.54, 1.807) is 21.3 Å². The van der Waals surface area contributed by atoms with Crippen LogP contribution in [0, 0.1) is 25.7 Å². The Morgan fingerprint density at radius 1 is 1.00 bits per heavy atom. The molecule has 0 saturated carbocycles. The van der Waals surface area contributed by atoms with Gasteiger partial charge in [-0.25, -0.2) is 8.42 Å². The Bertz CT molecular complexity index is 976. The van der Waals surface area contributed by atoms with Gasteiger partial charge in [0.1, 0.15) is 0 Å². The Morgan fingerprint density at radius 3 is 2.26 bits per heavy atom. The lowest BCUT2D eigenvalue weighted by Crippen LogP contribution is -2.43. The average molecular weight is 492 g/mol. The van der Waals surface area contributed by atoms with Gasteiger partial charge in [0.05, 0.1) is 4.90 Å². The topological polar surface area (TPSA) is 86.8 Å². The lowest BCUT2D eigenvalue weighted by Gasteiger charge is -2.32. The van der Waals surface area contributed by atoms with Crippen LogP contribution in [0.5, 0.6) is 0 Å². The van der Waals surface area contributed by atoms with Crippen LogP contribution in [-0.4, -0.2) is 62.2 Å². The Balaban J connectivity index is 1.68. The van der Waals surface area contributed by atoms with E-state index >= 15 is 0 Å². The molecule has 2 saturated heterocycles. The monoisotopic (exact) mass is 491 g/mol. The summed E-state index contributed by atoms with van der Waals surface area (Å²) in [6, 6.07) is 3.35. The fraction of sp³-hybridized carbons (Fsp3) is 0.692. The van der Waals surface area contributed by atoms with Crippen molar-refractivity contribution in [3.05, 3.63) is 28.8 Å². The summed E-state index contributed by atoms with van der Waals surface area (Å²) in [5.74, 6) is 0.388. The molecule has 3 rings (SSSR count). The number of hydrogen-bond acceptors (Lipinski definition) is 4. The van der Waals surface area contributed by atoms with Crippen molar-refractivity contribution in [2.75, 3.05) is 32.7 Å². The quantitative estimate of drug-likeness (QED) is 0.559. The van der Waals surface area contributed by atoms with Crippen molar-refractivity contribution >= 4 is 21.8 Å². The molecule has 0 spiro atoms. The first-order valence-electron chi connectivity index (χ1n) is 12.8. The molecule has 0 aromatic heterocycles. The van der Waals surface area contributed by atoms with E-state index in [2.05, 4.69) is 19.2 Å². The number of carbonyl (C=O) groups is 2. The van der Waals surface area contributed by atoms with Gasteiger partial charge in [0, 0.05) is 44.2 Å². The second-order valence-electron chi connectivity index (χ2n) is 10.1. The van der Waals surface area contributed by atoms with Crippen LogP contribution < -0.4 is 5.32 Å². The van der Waals surface area contributed by atoms with E-state index < -0.39 is 10.0 Å². The van der Waals surface area contributed by atoms with Gasteiger partial charge >= 0.3 is 0 Å². The van der Waals surface area contributed by atoms with Gasteiger partial charge in [-0.2, -0.15) is 4.31 Å². The third kappa shape index (κ3) is 6.19. The maximum atomic E-state index is 13.4. The molecule has 8 heteroatoms. The van der Waals surface area contributed by atoms with Crippen LogP contribution in [0.3, 0.4) is 0 Å². The number of sulfonamides is 1. The Hall–Kier alpha value is -1.93. The number of likely N-dealkylation sites (tertiary alicyclic amines) is 1. The van der Waals surface area contributed by atoms with Crippen molar-refractivity contribution in [1.82, 2.24) is 14.5 Å². The van der Waals surface area contributed by atoms with Crippen molar-refractivity contribution in [3.8, 4) is 0 Å². The Kier molecular flexibility index (Phi) is 9.15. The predicted molar refractivity (Wildman–Crippen MR) is 134 cm³/mol. The van der Waals surface area contributed by atoms with Gasteiger partial charge in [-0.3, -0.25) is 9.59 Å². The van der Waals surface area contributed by atoms with E-state index in [1.165, 1.54) is 0 Å². The molecule has 1 aromatic carbocycles. The first kappa shape index (κ1) is 26.7. The molecule has 7 nitrogen and oxygen atoms in total. The molecule has 0 radical (unpaired) electrons. The Morgan fingerprint density at radius 2 is 1.65 bits per heavy atom. The van der Waals surface area contributed by atoms with E-state index in [9.17, 15) is 18.0 Å². The fourth-order valence-electron chi connectivity index (χ4n) is 4.84. The number of benzene rings is 1. The summed E-state index contributed by atoms with van der Waals surface area (Å²) in [6.45, 7) is 10.7. The second-order valence-corrected chi connectivity index (χ2v) is 12.0. The minimum Gasteiger partial charge on any atom is -0.356 e. The van der Waals surface area contributed by atoms with Gasteiger partial charge in [0.2, 0.25) is 15.9 Å². The van der Waals surface area contributed by atoms with E-state index in [1.807, 2.05) is 13.8 Å². The van der Waals surface area contributed by atoms with E-state index in [0.29, 0.717) is 62.6 Å². The summed E-state index contributed by atoms with van der Waals surface area (Å²) in [7, 11) is -3.65. The normalized spacial score (nSPS) is 18.8. The summed E-state index contributed by atoms with van der Waals surface area (Å²) in [5, 5.41) is 3.02. The van der Waals surface area contributed by atoms with Crippen LogP contribution in [0.1, 0.15) is 80.3 Å². The van der Waals surface area contributed by atoms with Crippen LogP contribution in [0.4, 0.5) is 0 Å². The Labute approximate surface area is 205 Å². The largest absolute Gasteiger partial charge is 0.356 e. The smallest absolute Gasteiger partial charge is 0.253 e. The molecule has 2 aliphatic rings. The van der Waals surface area contributed by atoms with Crippen LogP contribution in [0.25, 0.3) is 0 Å². The van der Waals surface area contributed by atoms with Crippen molar-refractivity contribution in [3.63, 3.8) is 0 Å². The number of nitrogens with one attached hydrogen (secondary N) is 1. The lowest BCUT2D eigenvalue weighted by molar-refractivity contribution is -0.126. The third-order valence-corrected chi connectivity index (χ3v) is 9.48. The van der Waals surface area contributed by atoms with Crippen LogP contribution in [0.2, 0.25) is 0 Å². The number of hydrogen-bond donors (Lipinski definition) is 1. The van der Waals surface area contributed by atoms with Gasteiger partial charge in [0.15, 0.2) is 0 Å². The highest BCUT2D eigenvalue weighted by Crippen LogP contribution is 2.29. The van der Waals surface area contributed by atoms with Crippen LogP contribution in [0.15, 0.2) is 17.0 Å². The van der Waals surface area contributed by atoms with Gasteiger partial charge in [0.25, 0.3) is 5.91 Å². The van der Waals surface area contributed by atoms with Gasteiger partial charge in [-0.15, -0.1) is 0 Å². The number of piperidine rings is 2. The highest BCUT2D eigenvalue weighted by molar-refractivity contribution is 7.89. The first-order chi connectivity index (χ1) is 16.1. The number of nitrogens with zero attached hydrogens (tertiary/aromatic N) is 2. The van der Waals surface area contributed by atoms with Crippen molar-refractivity contribution in [2.24, 2.45) is 11.8 Å².